The lowest BCUT2D eigenvalue weighted by molar-refractivity contribution is -0.144. The third-order valence-electron chi connectivity index (χ3n) is 7.35. The van der Waals surface area contributed by atoms with Gasteiger partial charge in [-0.3, -0.25) is 0 Å². The van der Waals surface area contributed by atoms with Crippen LogP contribution >= 0.6 is 0 Å². The summed E-state index contributed by atoms with van der Waals surface area (Å²) in [5, 5.41) is 0. The Bertz CT molecular complexity index is 897. The van der Waals surface area contributed by atoms with Gasteiger partial charge in [0.15, 0.2) is 5.82 Å². The summed E-state index contributed by atoms with van der Waals surface area (Å²) in [4.78, 5) is 21.4. The molecule has 1 saturated carbocycles. The van der Waals surface area contributed by atoms with E-state index in [1.54, 1.807) is 6.08 Å². The Kier molecular flexibility index (Phi) is 12.7. The standard InChI is InChI=1S/C32H46N2O2/c1-3-5-7-8-9-10-11-13-15-31(35)36-30-22-20-28(21-23-30)27-16-18-29(19-17-27)32-33-24-26(25-34-32)14-12-6-4-2/h13,15-19,24-25,28,30H,3-12,14,20-23H2,1-2H3/b15-13+. The van der Waals surface area contributed by atoms with Crippen LogP contribution in [0.5, 0.6) is 0 Å². The highest BCUT2D eigenvalue weighted by Crippen LogP contribution is 2.34. The fourth-order valence-electron chi connectivity index (χ4n) is 5.06. The highest BCUT2D eigenvalue weighted by Gasteiger charge is 2.24. The molecule has 1 aromatic heterocycles. The van der Waals surface area contributed by atoms with Gasteiger partial charge < -0.3 is 4.74 Å². The molecule has 2 aromatic rings. The quantitative estimate of drug-likeness (QED) is 0.142. The topological polar surface area (TPSA) is 52.1 Å². The molecular weight excluding hydrogens is 444 g/mol. The minimum absolute atomic E-state index is 0.0518. The second-order valence-corrected chi connectivity index (χ2v) is 10.4. The van der Waals surface area contributed by atoms with Crippen molar-refractivity contribution in [1.82, 2.24) is 9.97 Å². The summed E-state index contributed by atoms with van der Waals surface area (Å²) in [5.74, 6) is 1.14. The molecule has 1 aliphatic carbocycles. The van der Waals surface area contributed by atoms with Crippen LogP contribution in [-0.4, -0.2) is 22.0 Å². The van der Waals surface area contributed by atoms with Crippen LogP contribution in [-0.2, 0) is 16.0 Å². The average Bonchev–Trinajstić information content (AvgIpc) is 2.91. The first-order valence-electron chi connectivity index (χ1n) is 14.5. The molecule has 196 valence electrons. The van der Waals surface area contributed by atoms with Gasteiger partial charge in [0.1, 0.15) is 6.10 Å². The zero-order valence-corrected chi connectivity index (χ0v) is 22.6. The molecule has 0 spiro atoms. The minimum atomic E-state index is -0.176. The van der Waals surface area contributed by atoms with E-state index in [2.05, 4.69) is 48.1 Å². The molecule has 0 bridgehead atoms. The molecule has 0 aliphatic heterocycles. The Morgan fingerprint density at radius 2 is 1.50 bits per heavy atom. The predicted octanol–water partition coefficient (Wildman–Crippen LogP) is 8.75. The second kappa shape index (κ2) is 16.3. The molecule has 4 nitrogen and oxygen atoms in total. The summed E-state index contributed by atoms with van der Waals surface area (Å²) in [6.45, 7) is 4.46. The van der Waals surface area contributed by atoms with Gasteiger partial charge in [-0.1, -0.05) is 89.1 Å². The molecule has 0 N–H and O–H groups in total. The van der Waals surface area contributed by atoms with Gasteiger partial charge in [0.2, 0.25) is 0 Å². The zero-order valence-electron chi connectivity index (χ0n) is 22.6. The first kappa shape index (κ1) is 28.1. The Hall–Kier alpha value is -2.49. The first-order chi connectivity index (χ1) is 17.7. The largest absolute Gasteiger partial charge is 0.459 e. The van der Waals surface area contributed by atoms with E-state index in [0.717, 1.165) is 56.3 Å². The summed E-state index contributed by atoms with van der Waals surface area (Å²) < 4.78 is 5.71. The lowest BCUT2D eigenvalue weighted by Crippen LogP contribution is -2.23. The molecule has 0 atom stereocenters. The van der Waals surface area contributed by atoms with Crippen LogP contribution in [0.2, 0.25) is 0 Å². The van der Waals surface area contributed by atoms with E-state index in [1.165, 1.54) is 62.5 Å². The van der Waals surface area contributed by atoms with Crippen molar-refractivity contribution in [2.75, 3.05) is 0 Å². The fourth-order valence-corrected chi connectivity index (χ4v) is 5.06. The molecule has 1 aromatic carbocycles. The summed E-state index contributed by atoms with van der Waals surface area (Å²) in [7, 11) is 0. The van der Waals surface area contributed by atoms with Crippen molar-refractivity contribution in [1.29, 1.82) is 0 Å². The Morgan fingerprint density at radius 3 is 2.19 bits per heavy atom. The highest BCUT2D eigenvalue weighted by atomic mass is 16.5. The number of aryl methyl sites for hydroxylation is 1. The maximum Gasteiger partial charge on any atom is 0.330 e. The van der Waals surface area contributed by atoms with Crippen molar-refractivity contribution in [2.24, 2.45) is 0 Å². The lowest BCUT2D eigenvalue weighted by Gasteiger charge is -2.28. The van der Waals surface area contributed by atoms with Crippen LogP contribution in [0.25, 0.3) is 11.4 Å². The minimum Gasteiger partial charge on any atom is -0.459 e. The van der Waals surface area contributed by atoms with Gasteiger partial charge in [-0.25, -0.2) is 14.8 Å². The smallest absolute Gasteiger partial charge is 0.330 e. The number of carbonyl (C=O) groups is 1. The number of unbranched alkanes of at least 4 members (excludes halogenated alkanes) is 8. The van der Waals surface area contributed by atoms with Crippen molar-refractivity contribution < 1.29 is 9.53 Å². The van der Waals surface area contributed by atoms with E-state index in [9.17, 15) is 4.79 Å². The van der Waals surface area contributed by atoms with E-state index in [0.29, 0.717) is 5.92 Å². The van der Waals surface area contributed by atoms with Crippen molar-refractivity contribution in [2.45, 2.75) is 122 Å². The summed E-state index contributed by atoms with van der Waals surface area (Å²) in [6.07, 6.45) is 25.0. The van der Waals surface area contributed by atoms with Crippen LogP contribution in [0.4, 0.5) is 0 Å². The van der Waals surface area contributed by atoms with Gasteiger partial charge in [-0.2, -0.15) is 0 Å². The number of benzene rings is 1. The second-order valence-electron chi connectivity index (χ2n) is 10.4. The van der Waals surface area contributed by atoms with Gasteiger partial charge in [0.25, 0.3) is 0 Å². The average molecular weight is 491 g/mol. The number of aromatic nitrogens is 2. The fraction of sp³-hybridized carbons (Fsp3) is 0.594. The van der Waals surface area contributed by atoms with Crippen molar-refractivity contribution in [3.63, 3.8) is 0 Å². The summed E-state index contributed by atoms with van der Waals surface area (Å²) >= 11 is 0. The van der Waals surface area contributed by atoms with Crippen molar-refractivity contribution in [3.05, 3.63) is 59.9 Å². The molecule has 1 heterocycles. The van der Waals surface area contributed by atoms with E-state index in [1.807, 2.05) is 18.5 Å². The number of nitrogens with zero attached hydrogens (tertiary/aromatic N) is 2. The molecule has 3 rings (SSSR count). The van der Waals surface area contributed by atoms with Crippen LogP contribution in [0.15, 0.2) is 48.8 Å². The van der Waals surface area contributed by atoms with E-state index in [4.69, 9.17) is 4.74 Å². The molecule has 0 radical (unpaired) electrons. The van der Waals surface area contributed by atoms with Gasteiger partial charge in [0.05, 0.1) is 0 Å². The number of allylic oxidation sites excluding steroid dienone is 1. The number of hydrogen-bond donors (Lipinski definition) is 0. The van der Waals surface area contributed by atoms with Gasteiger partial charge in [-0.05, 0) is 68.4 Å². The zero-order chi connectivity index (χ0) is 25.4. The van der Waals surface area contributed by atoms with Gasteiger partial charge in [-0.15, -0.1) is 0 Å². The van der Waals surface area contributed by atoms with Crippen molar-refractivity contribution in [3.8, 4) is 11.4 Å². The molecule has 4 heteroatoms. The third kappa shape index (κ3) is 9.87. The SMILES string of the molecule is CCCCCCCC/C=C/C(=O)OC1CCC(c2ccc(-c3ncc(CCCCC)cn3)cc2)CC1. The number of esters is 1. The normalized spacial score (nSPS) is 17.9. The van der Waals surface area contributed by atoms with Crippen LogP contribution in [0.1, 0.15) is 121 Å². The van der Waals surface area contributed by atoms with E-state index < -0.39 is 0 Å². The maximum absolute atomic E-state index is 12.2. The van der Waals surface area contributed by atoms with Gasteiger partial charge >= 0.3 is 5.97 Å². The lowest BCUT2D eigenvalue weighted by atomic mass is 9.82. The molecule has 36 heavy (non-hydrogen) atoms. The van der Waals surface area contributed by atoms with Crippen molar-refractivity contribution >= 4 is 5.97 Å². The number of rotatable bonds is 15. The van der Waals surface area contributed by atoms with Gasteiger partial charge in [0, 0.05) is 24.0 Å². The third-order valence-corrected chi connectivity index (χ3v) is 7.35. The monoisotopic (exact) mass is 490 g/mol. The highest BCUT2D eigenvalue weighted by molar-refractivity contribution is 5.82. The predicted molar refractivity (Wildman–Crippen MR) is 149 cm³/mol. The molecular formula is C32H46N2O2. The maximum atomic E-state index is 12.2. The van der Waals surface area contributed by atoms with Crippen LogP contribution in [0, 0.1) is 0 Å². The number of carbonyl (C=O) groups excluding carboxylic acids is 1. The van der Waals surface area contributed by atoms with E-state index in [-0.39, 0.29) is 12.1 Å². The van der Waals surface area contributed by atoms with Crippen LogP contribution < -0.4 is 0 Å². The molecule has 0 unspecified atom stereocenters. The molecule has 1 fully saturated rings. The Labute approximate surface area is 219 Å². The Morgan fingerprint density at radius 1 is 0.861 bits per heavy atom. The molecule has 1 aliphatic rings. The molecule has 0 saturated heterocycles. The number of hydrogen-bond acceptors (Lipinski definition) is 4. The van der Waals surface area contributed by atoms with E-state index >= 15 is 0 Å². The molecule has 0 amide bonds. The Balaban J connectivity index is 1.36. The number of ether oxygens (including phenoxy) is 1. The van der Waals surface area contributed by atoms with Crippen LogP contribution in [0.3, 0.4) is 0 Å². The summed E-state index contributed by atoms with van der Waals surface area (Å²) in [6, 6.07) is 8.72. The first-order valence-corrected chi connectivity index (χ1v) is 14.5. The summed E-state index contributed by atoms with van der Waals surface area (Å²) in [5.41, 5.74) is 3.64.